The average molecular weight is 162 g/mol. The summed E-state index contributed by atoms with van der Waals surface area (Å²) in [6, 6.07) is 0. The largest absolute Gasteiger partial charge is 0.107 e. The van der Waals surface area contributed by atoms with Gasteiger partial charge in [0.25, 0.3) is 0 Å². The van der Waals surface area contributed by atoms with E-state index >= 15 is 0 Å². The van der Waals surface area contributed by atoms with Crippen LogP contribution in [0.25, 0.3) is 0 Å². The lowest BCUT2D eigenvalue weighted by atomic mass is 10.3. The molecule has 0 atom stereocenters. The molecule has 0 radical (unpaired) electrons. The number of hydrogen-bond acceptors (Lipinski definition) is 0. The summed E-state index contributed by atoms with van der Waals surface area (Å²) < 4.78 is 0. The maximum Gasteiger partial charge on any atom is 0.00638 e. The van der Waals surface area contributed by atoms with Gasteiger partial charge in [0.15, 0.2) is 0 Å². The molecule has 0 aliphatic rings. The topological polar surface area (TPSA) is 0 Å². The Morgan fingerprint density at radius 2 is 1.67 bits per heavy atom. The van der Waals surface area contributed by atoms with Gasteiger partial charge in [-0.25, -0.2) is 0 Å². The summed E-state index contributed by atoms with van der Waals surface area (Å²) in [7, 11) is 0. The number of rotatable bonds is 0. The first-order chi connectivity index (χ1) is 5.68. The van der Waals surface area contributed by atoms with Gasteiger partial charge in [0, 0.05) is 12.8 Å². The summed E-state index contributed by atoms with van der Waals surface area (Å²) >= 11 is 0. The van der Waals surface area contributed by atoms with E-state index < -0.39 is 0 Å². The highest BCUT2D eigenvalue weighted by Crippen LogP contribution is 1.79. The minimum absolute atomic E-state index is 0.923. The maximum atomic E-state index is 3.62. The molecule has 0 heterocycles. The fraction of sp³-hybridized carbons (Fsp3) is 0.500. The molecule has 0 heteroatoms. The molecule has 0 saturated carbocycles. The fourth-order valence-corrected chi connectivity index (χ4v) is 0.416. The van der Waals surface area contributed by atoms with Crippen molar-refractivity contribution < 1.29 is 0 Å². The van der Waals surface area contributed by atoms with Crippen molar-refractivity contribution >= 4 is 0 Å². The first-order valence-electron chi connectivity index (χ1n) is 4.22. The molecule has 0 unspecified atom stereocenters. The monoisotopic (exact) mass is 162 g/mol. The van der Waals surface area contributed by atoms with Crippen LogP contribution in [0.4, 0.5) is 0 Å². The summed E-state index contributed by atoms with van der Waals surface area (Å²) in [4.78, 5) is 0. The van der Waals surface area contributed by atoms with Crippen LogP contribution in [0.1, 0.15) is 40.5 Å². The zero-order chi connectivity index (χ0) is 9.82. The van der Waals surface area contributed by atoms with Gasteiger partial charge in [-0.3, -0.25) is 0 Å². The molecule has 0 nitrogen and oxygen atoms in total. The van der Waals surface area contributed by atoms with Crippen molar-refractivity contribution in [1.29, 1.82) is 0 Å². The Morgan fingerprint density at radius 3 is 1.75 bits per heavy atom. The maximum absolute atomic E-state index is 3.62. The quantitative estimate of drug-likeness (QED) is 0.479. The van der Waals surface area contributed by atoms with E-state index in [0.717, 1.165) is 18.4 Å². The molecule has 0 saturated heterocycles. The summed E-state index contributed by atoms with van der Waals surface area (Å²) in [6.07, 6.45) is 1.91. The van der Waals surface area contributed by atoms with Gasteiger partial charge in [0.2, 0.25) is 0 Å². The van der Waals surface area contributed by atoms with Crippen molar-refractivity contribution in [2.75, 3.05) is 0 Å². The molecule has 0 rings (SSSR count). The third kappa shape index (κ3) is 23.2. The van der Waals surface area contributed by atoms with Gasteiger partial charge in [-0.2, -0.15) is 0 Å². The predicted octanol–water partition coefficient (Wildman–Crippen LogP) is 3.40. The van der Waals surface area contributed by atoms with Crippen LogP contribution in [-0.4, -0.2) is 0 Å². The lowest BCUT2D eigenvalue weighted by Crippen LogP contribution is -1.59. The van der Waals surface area contributed by atoms with Crippen molar-refractivity contribution in [3.8, 4) is 23.7 Å². The second-order valence-corrected chi connectivity index (χ2v) is 2.22. The molecule has 0 bridgehead atoms. The first kappa shape index (κ1) is 13.4. The lowest BCUT2D eigenvalue weighted by molar-refractivity contribution is 1.28. The molecule has 0 aromatic carbocycles. The van der Waals surface area contributed by atoms with Crippen LogP contribution in [0.15, 0.2) is 12.2 Å². The van der Waals surface area contributed by atoms with Crippen LogP contribution in [0, 0.1) is 23.7 Å². The molecular formula is C12H18. The highest BCUT2D eigenvalue weighted by Gasteiger charge is 1.65. The molecular weight excluding hydrogens is 144 g/mol. The Hall–Kier alpha value is -1.14. The van der Waals surface area contributed by atoms with Crippen LogP contribution in [0.5, 0.6) is 0 Å². The number of hydrogen-bond donors (Lipinski definition) is 0. The van der Waals surface area contributed by atoms with E-state index in [9.17, 15) is 0 Å². The van der Waals surface area contributed by atoms with Crippen LogP contribution < -0.4 is 0 Å². The Labute approximate surface area is 77.1 Å². The third-order valence-corrected chi connectivity index (χ3v) is 0.832. The SMILES string of the molecule is C=C(C)C#CCC.CC#CCC. The van der Waals surface area contributed by atoms with Gasteiger partial charge in [-0.05, 0) is 19.4 Å². The van der Waals surface area contributed by atoms with E-state index in [1.54, 1.807) is 0 Å². The molecule has 0 aromatic heterocycles. The second kappa shape index (κ2) is 12.5. The van der Waals surface area contributed by atoms with Gasteiger partial charge in [0.1, 0.15) is 0 Å². The molecule has 0 aliphatic carbocycles. The minimum atomic E-state index is 0.923. The zero-order valence-corrected chi connectivity index (χ0v) is 8.62. The van der Waals surface area contributed by atoms with E-state index in [0.29, 0.717) is 0 Å². The van der Waals surface area contributed by atoms with Gasteiger partial charge >= 0.3 is 0 Å². The molecule has 0 amide bonds. The van der Waals surface area contributed by atoms with Crippen molar-refractivity contribution in [3.63, 3.8) is 0 Å². The Kier molecular flexibility index (Phi) is 14.0. The lowest BCUT2D eigenvalue weighted by Gasteiger charge is -1.73. The van der Waals surface area contributed by atoms with Crippen molar-refractivity contribution in [2.24, 2.45) is 0 Å². The molecule has 0 spiro atoms. The smallest absolute Gasteiger partial charge is 0.00638 e. The van der Waals surface area contributed by atoms with E-state index in [2.05, 4.69) is 30.3 Å². The molecule has 12 heavy (non-hydrogen) atoms. The summed E-state index contributed by atoms with van der Waals surface area (Å²) in [5.74, 6) is 11.4. The average Bonchev–Trinajstić information content (AvgIpc) is 2.03. The Balaban J connectivity index is 0. The van der Waals surface area contributed by atoms with Crippen LogP contribution >= 0.6 is 0 Å². The number of allylic oxidation sites excluding steroid dienone is 1. The van der Waals surface area contributed by atoms with E-state index in [1.807, 2.05) is 27.7 Å². The van der Waals surface area contributed by atoms with E-state index in [-0.39, 0.29) is 0 Å². The Morgan fingerprint density at radius 1 is 1.17 bits per heavy atom. The van der Waals surface area contributed by atoms with E-state index in [4.69, 9.17) is 0 Å². The standard InChI is InChI=1S/C7H10.C5H8/c1-4-5-6-7(2)3;1-3-5-4-2/h2,4H2,1,3H3;3H2,1-2H3. The van der Waals surface area contributed by atoms with Crippen LogP contribution in [-0.2, 0) is 0 Å². The molecule has 0 aliphatic heterocycles. The molecule has 66 valence electrons. The van der Waals surface area contributed by atoms with Crippen LogP contribution in [0.2, 0.25) is 0 Å². The fourth-order valence-electron chi connectivity index (χ4n) is 0.416. The Bertz CT molecular complexity index is 212. The third-order valence-electron chi connectivity index (χ3n) is 0.832. The highest BCUT2D eigenvalue weighted by atomic mass is 13.7. The van der Waals surface area contributed by atoms with Crippen molar-refractivity contribution in [1.82, 2.24) is 0 Å². The summed E-state index contributed by atoms with van der Waals surface area (Å²) in [5, 5.41) is 0. The first-order valence-corrected chi connectivity index (χ1v) is 4.22. The van der Waals surface area contributed by atoms with Crippen molar-refractivity contribution in [2.45, 2.75) is 40.5 Å². The minimum Gasteiger partial charge on any atom is -0.107 e. The summed E-state index contributed by atoms with van der Waals surface area (Å²) in [6.45, 7) is 11.4. The van der Waals surface area contributed by atoms with Gasteiger partial charge < -0.3 is 0 Å². The highest BCUT2D eigenvalue weighted by molar-refractivity contribution is 5.22. The summed E-state index contributed by atoms with van der Waals surface area (Å²) in [5.41, 5.74) is 0.946. The normalized spacial score (nSPS) is 6.00. The van der Waals surface area contributed by atoms with Crippen molar-refractivity contribution in [3.05, 3.63) is 12.2 Å². The van der Waals surface area contributed by atoms with Gasteiger partial charge in [0.05, 0.1) is 0 Å². The predicted molar refractivity (Wildman–Crippen MR) is 56.6 cm³/mol. The van der Waals surface area contributed by atoms with E-state index in [1.165, 1.54) is 0 Å². The second-order valence-electron chi connectivity index (χ2n) is 2.22. The molecule has 0 fully saturated rings. The van der Waals surface area contributed by atoms with Gasteiger partial charge in [-0.1, -0.05) is 32.3 Å². The van der Waals surface area contributed by atoms with Crippen LogP contribution in [0.3, 0.4) is 0 Å². The molecule has 0 aromatic rings. The van der Waals surface area contributed by atoms with Gasteiger partial charge in [-0.15, -0.1) is 11.8 Å². The molecule has 0 N–H and O–H groups in total. The zero-order valence-electron chi connectivity index (χ0n) is 8.62.